The number of likely N-dealkylation sites (tertiary alicyclic amines) is 1. The Morgan fingerprint density at radius 3 is 3.00 bits per heavy atom. The van der Waals surface area contributed by atoms with Crippen LogP contribution in [0.5, 0.6) is 0 Å². The van der Waals surface area contributed by atoms with E-state index in [1.807, 2.05) is 0 Å². The standard InChI is InChI=1S/C15H21NO/c1-12-5-3-6-14(9-12)11-16-8-4-7-15(16)10-13(2)17/h3,5-6,9,15H,4,7-8,10-11H2,1-2H3. The summed E-state index contributed by atoms with van der Waals surface area (Å²) in [5.41, 5.74) is 2.67. The van der Waals surface area contributed by atoms with Gasteiger partial charge in [0.1, 0.15) is 5.78 Å². The molecule has 1 aromatic carbocycles. The Morgan fingerprint density at radius 1 is 1.47 bits per heavy atom. The van der Waals surface area contributed by atoms with Crippen molar-refractivity contribution in [1.82, 2.24) is 4.90 Å². The van der Waals surface area contributed by atoms with Gasteiger partial charge >= 0.3 is 0 Å². The van der Waals surface area contributed by atoms with E-state index in [0.29, 0.717) is 18.2 Å². The molecule has 0 aliphatic carbocycles. The summed E-state index contributed by atoms with van der Waals surface area (Å²) in [5.74, 6) is 0.311. The Kier molecular flexibility index (Phi) is 3.95. The molecular weight excluding hydrogens is 210 g/mol. The molecule has 1 aliphatic rings. The van der Waals surface area contributed by atoms with Crippen molar-refractivity contribution in [2.45, 2.75) is 45.7 Å². The zero-order chi connectivity index (χ0) is 12.3. The molecule has 1 fully saturated rings. The van der Waals surface area contributed by atoms with Crippen molar-refractivity contribution in [3.63, 3.8) is 0 Å². The number of hydrogen-bond acceptors (Lipinski definition) is 2. The normalized spacial score (nSPS) is 20.7. The molecule has 2 rings (SSSR count). The second-order valence-corrected chi connectivity index (χ2v) is 5.16. The largest absolute Gasteiger partial charge is 0.300 e. The molecule has 0 spiro atoms. The van der Waals surface area contributed by atoms with E-state index in [9.17, 15) is 4.79 Å². The molecule has 1 heterocycles. The molecule has 92 valence electrons. The highest BCUT2D eigenvalue weighted by Gasteiger charge is 2.25. The number of nitrogens with zero attached hydrogens (tertiary/aromatic N) is 1. The Labute approximate surface area is 104 Å². The Bertz CT molecular complexity index is 400. The fourth-order valence-electron chi connectivity index (χ4n) is 2.71. The molecule has 1 atom stereocenters. The summed E-state index contributed by atoms with van der Waals surface area (Å²) < 4.78 is 0. The van der Waals surface area contributed by atoms with Crippen LogP contribution in [0.3, 0.4) is 0 Å². The lowest BCUT2D eigenvalue weighted by atomic mass is 10.1. The molecular formula is C15H21NO. The first-order valence-corrected chi connectivity index (χ1v) is 6.44. The average Bonchev–Trinajstić information content (AvgIpc) is 2.65. The molecule has 1 saturated heterocycles. The first-order chi connectivity index (χ1) is 8.15. The number of rotatable bonds is 4. The van der Waals surface area contributed by atoms with Gasteiger partial charge in [0.25, 0.3) is 0 Å². The van der Waals surface area contributed by atoms with Crippen LogP contribution < -0.4 is 0 Å². The third kappa shape index (κ3) is 3.40. The van der Waals surface area contributed by atoms with E-state index in [2.05, 4.69) is 36.1 Å². The molecule has 1 aromatic rings. The first kappa shape index (κ1) is 12.3. The summed E-state index contributed by atoms with van der Waals surface area (Å²) in [6, 6.07) is 9.12. The maximum atomic E-state index is 11.2. The van der Waals surface area contributed by atoms with Crippen LogP contribution in [0.4, 0.5) is 0 Å². The van der Waals surface area contributed by atoms with Crippen LogP contribution in [0.2, 0.25) is 0 Å². The van der Waals surface area contributed by atoms with Gasteiger partial charge in [-0.05, 0) is 38.8 Å². The topological polar surface area (TPSA) is 20.3 Å². The lowest BCUT2D eigenvalue weighted by molar-refractivity contribution is -0.118. The lowest BCUT2D eigenvalue weighted by Gasteiger charge is -2.23. The van der Waals surface area contributed by atoms with Crippen molar-refractivity contribution in [2.24, 2.45) is 0 Å². The highest BCUT2D eigenvalue weighted by atomic mass is 16.1. The van der Waals surface area contributed by atoms with Crippen LogP contribution >= 0.6 is 0 Å². The van der Waals surface area contributed by atoms with Crippen molar-refractivity contribution < 1.29 is 4.79 Å². The summed E-state index contributed by atoms with van der Waals surface area (Å²) in [6.45, 7) is 5.94. The number of Topliss-reactive ketones (excluding diaryl/α,β-unsaturated/α-hetero) is 1. The van der Waals surface area contributed by atoms with Crippen molar-refractivity contribution in [3.05, 3.63) is 35.4 Å². The van der Waals surface area contributed by atoms with E-state index in [1.165, 1.54) is 24.0 Å². The molecule has 1 unspecified atom stereocenters. The van der Waals surface area contributed by atoms with Crippen molar-refractivity contribution in [2.75, 3.05) is 6.54 Å². The van der Waals surface area contributed by atoms with Gasteiger partial charge in [0.05, 0.1) is 0 Å². The van der Waals surface area contributed by atoms with Gasteiger partial charge in [-0.25, -0.2) is 0 Å². The second kappa shape index (κ2) is 5.46. The molecule has 1 aliphatic heterocycles. The van der Waals surface area contributed by atoms with Gasteiger partial charge in [0.2, 0.25) is 0 Å². The Hall–Kier alpha value is -1.15. The molecule has 0 aromatic heterocycles. The fraction of sp³-hybridized carbons (Fsp3) is 0.533. The van der Waals surface area contributed by atoms with Crippen LogP contribution in [-0.4, -0.2) is 23.3 Å². The molecule has 0 bridgehead atoms. The van der Waals surface area contributed by atoms with Crippen LogP contribution in [0.1, 0.15) is 37.3 Å². The highest BCUT2D eigenvalue weighted by molar-refractivity contribution is 5.76. The van der Waals surface area contributed by atoms with Crippen LogP contribution in [0, 0.1) is 6.92 Å². The third-order valence-electron chi connectivity index (χ3n) is 3.49. The molecule has 0 radical (unpaired) electrons. The Morgan fingerprint density at radius 2 is 2.29 bits per heavy atom. The number of aryl methyl sites for hydroxylation is 1. The quantitative estimate of drug-likeness (QED) is 0.794. The van der Waals surface area contributed by atoms with Gasteiger partial charge in [0.15, 0.2) is 0 Å². The number of benzene rings is 1. The van der Waals surface area contributed by atoms with E-state index in [4.69, 9.17) is 0 Å². The van der Waals surface area contributed by atoms with Crippen molar-refractivity contribution in [1.29, 1.82) is 0 Å². The zero-order valence-electron chi connectivity index (χ0n) is 10.8. The Balaban J connectivity index is 2.00. The van der Waals surface area contributed by atoms with Gasteiger partial charge in [-0.15, -0.1) is 0 Å². The van der Waals surface area contributed by atoms with Gasteiger partial charge in [-0.3, -0.25) is 9.69 Å². The van der Waals surface area contributed by atoms with Crippen LogP contribution in [0.25, 0.3) is 0 Å². The summed E-state index contributed by atoms with van der Waals surface area (Å²) >= 11 is 0. The molecule has 0 amide bonds. The van der Waals surface area contributed by atoms with Crippen LogP contribution in [0.15, 0.2) is 24.3 Å². The van der Waals surface area contributed by atoms with E-state index >= 15 is 0 Å². The summed E-state index contributed by atoms with van der Waals surface area (Å²) in [5, 5.41) is 0. The monoisotopic (exact) mass is 231 g/mol. The van der Waals surface area contributed by atoms with Crippen molar-refractivity contribution >= 4 is 5.78 Å². The molecule has 0 saturated carbocycles. The number of ketones is 1. The molecule has 2 nitrogen and oxygen atoms in total. The first-order valence-electron chi connectivity index (χ1n) is 6.44. The average molecular weight is 231 g/mol. The smallest absolute Gasteiger partial charge is 0.131 e. The second-order valence-electron chi connectivity index (χ2n) is 5.16. The minimum absolute atomic E-state index is 0.311. The van der Waals surface area contributed by atoms with Gasteiger partial charge in [-0.1, -0.05) is 29.8 Å². The summed E-state index contributed by atoms with van der Waals surface area (Å²) in [6.07, 6.45) is 3.11. The minimum Gasteiger partial charge on any atom is -0.300 e. The van der Waals surface area contributed by atoms with Crippen molar-refractivity contribution in [3.8, 4) is 0 Å². The predicted molar refractivity (Wildman–Crippen MR) is 69.9 cm³/mol. The predicted octanol–water partition coefficient (Wildman–Crippen LogP) is 2.94. The summed E-state index contributed by atoms with van der Waals surface area (Å²) in [7, 11) is 0. The molecule has 2 heteroatoms. The van der Waals surface area contributed by atoms with E-state index in [0.717, 1.165) is 13.1 Å². The fourth-order valence-corrected chi connectivity index (χ4v) is 2.71. The number of carbonyl (C=O) groups is 1. The summed E-state index contributed by atoms with van der Waals surface area (Å²) in [4.78, 5) is 13.7. The molecule has 0 N–H and O–H groups in total. The maximum absolute atomic E-state index is 11.2. The van der Waals surface area contributed by atoms with Gasteiger partial charge in [0, 0.05) is 19.0 Å². The number of hydrogen-bond donors (Lipinski definition) is 0. The van der Waals surface area contributed by atoms with Gasteiger partial charge < -0.3 is 0 Å². The minimum atomic E-state index is 0.311. The van der Waals surface area contributed by atoms with E-state index in [-0.39, 0.29) is 0 Å². The van der Waals surface area contributed by atoms with Gasteiger partial charge in [-0.2, -0.15) is 0 Å². The maximum Gasteiger partial charge on any atom is 0.131 e. The van der Waals surface area contributed by atoms with E-state index in [1.54, 1.807) is 6.92 Å². The lowest BCUT2D eigenvalue weighted by Crippen LogP contribution is -2.30. The van der Waals surface area contributed by atoms with E-state index < -0.39 is 0 Å². The highest BCUT2D eigenvalue weighted by Crippen LogP contribution is 2.22. The SMILES string of the molecule is CC(=O)CC1CCCN1Cc1cccc(C)c1. The number of carbonyl (C=O) groups excluding carboxylic acids is 1. The third-order valence-corrected chi connectivity index (χ3v) is 3.49. The molecule has 17 heavy (non-hydrogen) atoms. The van der Waals surface area contributed by atoms with Crippen LogP contribution in [-0.2, 0) is 11.3 Å². The zero-order valence-corrected chi connectivity index (χ0v) is 10.8.